The minimum Gasteiger partial charge on any atom is -0.468 e. The fourth-order valence-electron chi connectivity index (χ4n) is 1.43. The Kier molecular flexibility index (Phi) is 4.61. The summed E-state index contributed by atoms with van der Waals surface area (Å²) < 4.78 is 31.8. The summed E-state index contributed by atoms with van der Waals surface area (Å²) in [6.45, 7) is -0.122. The zero-order chi connectivity index (χ0) is 14.5. The monoisotopic (exact) mass is 300 g/mol. The van der Waals surface area contributed by atoms with Crippen molar-refractivity contribution in [1.29, 1.82) is 0 Å². The van der Waals surface area contributed by atoms with Crippen molar-refractivity contribution in [2.75, 3.05) is 7.11 Å². The quantitative estimate of drug-likeness (QED) is 0.614. The lowest BCUT2D eigenvalue weighted by Gasteiger charge is -2.03. The highest BCUT2D eigenvalue weighted by Crippen LogP contribution is 2.21. The van der Waals surface area contributed by atoms with Crippen LogP contribution in [0.4, 0.5) is 8.78 Å². The van der Waals surface area contributed by atoms with Gasteiger partial charge in [-0.3, -0.25) is 4.79 Å². The Hall–Kier alpha value is -2.03. The molecule has 9 heteroatoms. The topological polar surface area (TPSA) is 69.9 Å². The van der Waals surface area contributed by atoms with Crippen molar-refractivity contribution >= 4 is 17.7 Å². The first-order chi connectivity index (χ1) is 9.58. The molecule has 0 aliphatic rings. The number of hydrogen-bond donors (Lipinski definition) is 0. The summed E-state index contributed by atoms with van der Waals surface area (Å²) in [7, 11) is 1.26. The average Bonchev–Trinajstić information content (AvgIpc) is 2.82. The molecule has 0 saturated heterocycles. The number of halogens is 2. The summed E-state index contributed by atoms with van der Waals surface area (Å²) in [6.07, 6.45) is 0. The van der Waals surface area contributed by atoms with Gasteiger partial charge in [-0.25, -0.2) is 13.5 Å². The van der Waals surface area contributed by atoms with E-state index in [1.807, 2.05) is 0 Å². The lowest BCUT2D eigenvalue weighted by Crippen LogP contribution is -2.13. The molecule has 0 aliphatic heterocycles. The molecule has 0 saturated carbocycles. The van der Waals surface area contributed by atoms with Crippen LogP contribution in [0.5, 0.6) is 0 Å². The van der Waals surface area contributed by atoms with Crippen molar-refractivity contribution in [2.24, 2.45) is 0 Å². The maximum atomic E-state index is 13.0. The summed E-state index contributed by atoms with van der Waals surface area (Å²) in [6, 6.07) is 3.25. The number of ether oxygens (including phenoxy) is 1. The number of thioether (sulfide) groups is 1. The van der Waals surface area contributed by atoms with Crippen molar-refractivity contribution in [3.63, 3.8) is 0 Å². The largest absolute Gasteiger partial charge is 0.468 e. The highest BCUT2D eigenvalue weighted by Gasteiger charge is 2.11. The van der Waals surface area contributed by atoms with Gasteiger partial charge in [0.15, 0.2) is 0 Å². The second-order valence-electron chi connectivity index (χ2n) is 3.76. The third kappa shape index (κ3) is 3.73. The predicted octanol–water partition coefficient (Wildman–Crippen LogP) is 1.42. The van der Waals surface area contributed by atoms with Crippen molar-refractivity contribution in [1.82, 2.24) is 20.2 Å². The van der Waals surface area contributed by atoms with Crippen LogP contribution < -0.4 is 0 Å². The van der Waals surface area contributed by atoms with Gasteiger partial charge in [-0.15, -0.1) is 5.10 Å². The van der Waals surface area contributed by atoms with Crippen LogP contribution in [0.15, 0.2) is 23.4 Å². The Bertz CT molecular complexity index is 600. The van der Waals surface area contributed by atoms with Gasteiger partial charge in [0, 0.05) is 11.8 Å². The molecule has 0 fully saturated rings. The van der Waals surface area contributed by atoms with E-state index in [0.29, 0.717) is 10.7 Å². The molecule has 0 N–H and O–H groups in total. The summed E-state index contributed by atoms with van der Waals surface area (Å²) in [5, 5.41) is 11.2. The number of carbonyl (C=O) groups excluding carboxylic acids is 1. The molecule has 0 spiro atoms. The normalized spacial score (nSPS) is 10.6. The predicted molar refractivity (Wildman–Crippen MR) is 65.8 cm³/mol. The third-order valence-corrected chi connectivity index (χ3v) is 3.32. The number of tetrazole rings is 1. The number of nitrogens with zero attached hydrogens (tertiary/aromatic N) is 4. The number of methoxy groups -OCH3 is 1. The first-order valence-electron chi connectivity index (χ1n) is 5.49. The van der Waals surface area contributed by atoms with E-state index in [1.54, 1.807) is 0 Å². The number of carbonyl (C=O) groups is 1. The Labute approximate surface area is 117 Å². The van der Waals surface area contributed by atoms with E-state index in [2.05, 4.69) is 20.3 Å². The molecular formula is C11H10F2N4O2S. The van der Waals surface area contributed by atoms with Gasteiger partial charge >= 0.3 is 5.97 Å². The zero-order valence-corrected chi connectivity index (χ0v) is 11.2. The van der Waals surface area contributed by atoms with E-state index in [0.717, 1.165) is 17.8 Å². The number of rotatable bonds is 5. The van der Waals surface area contributed by atoms with Crippen LogP contribution in [0.25, 0.3) is 0 Å². The van der Waals surface area contributed by atoms with Gasteiger partial charge in [-0.2, -0.15) is 0 Å². The summed E-state index contributed by atoms with van der Waals surface area (Å²) >= 11 is 1.16. The van der Waals surface area contributed by atoms with Gasteiger partial charge in [0.05, 0.1) is 7.11 Å². The molecule has 0 atom stereocenters. The van der Waals surface area contributed by atoms with Crippen LogP contribution in [-0.4, -0.2) is 33.3 Å². The standard InChI is InChI=1S/C11H10F2N4O2S/c1-19-10(18)5-17-11(14-15-16-17)20-6-7-2-8(12)4-9(13)3-7/h2-4H,5-6H2,1H3. The Morgan fingerprint density at radius 2 is 2.05 bits per heavy atom. The van der Waals surface area contributed by atoms with Gasteiger partial charge in [0.2, 0.25) is 5.16 Å². The van der Waals surface area contributed by atoms with E-state index >= 15 is 0 Å². The lowest BCUT2D eigenvalue weighted by molar-refractivity contribution is -0.141. The van der Waals surface area contributed by atoms with Crippen molar-refractivity contribution < 1.29 is 18.3 Å². The molecule has 1 aromatic heterocycles. The molecule has 0 radical (unpaired) electrons. The van der Waals surface area contributed by atoms with Crippen LogP contribution >= 0.6 is 11.8 Å². The molecule has 0 unspecified atom stereocenters. The number of hydrogen-bond acceptors (Lipinski definition) is 6. The molecule has 2 rings (SSSR count). The molecule has 20 heavy (non-hydrogen) atoms. The molecule has 106 valence electrons. The van der Waals surface area contributed by atoms with Gasteiger partial charge in [-0.1, -0.05) is 11.8 Å². The molecule has 1 aromatic carbocycles. The molecule has 0 aliphatic carbocycles. The number of benzene rings is 1. The maximum absolute atomic E-state index is 13.0. The Morgan fingerprint density at radius 3 is 2.70 bits per heavy atom. The average molecular weight is 300 g/mol. The van der Waals surface area contributed by atoms with Crippen LogP contribution in [0, 0.1) is 11.6 Å². The minimum absolute atomic E-state index is 0.122. The van der Waals surface area contributed by atoms with Gasteiger partial charge in [-0.05, 0) is 28.1 Å². The molecule has 2 aromatic rings. The maximum Gasteiger partial charge on any atom is 0.327 e. The fraction of sp³-hybridized carbons (Fsp3) is 0.273. The Balaban J connectivity index is 2.04. The molecule has 0 bridgehead atoms. The summed E-state index contributed by atoms with van der Waals surface area (Å²) in [5.74, 6) is -1.50. The van der Waals surface area contributed by atoms with Crippen LogP contribution in [0.3, 0.4) is 0 Å². The first-order valence-corrected chi connectivity index (χ1v) is 6.48. The molecule has 6 nitrogen and oxygen atoms in total. The van der Waals surface area contributed by atoms with Crippen LogP contribution in [0.2, 0.25) is 0 Å². The smallest absolute Gasteiger partial charge is 0.327 e. The number of aromatic nitrogens is 4. The van der Waals surface area contributed by atoms with Gasteiger partial charge in [0.25, 0.3) is 0 Å². The SMILES string of the molecule is COC(=O)Cn1nnnc1SCc1cc(F)cc(F)c1. The summed E-state index contributed by atoms with van der Waals surface area (Å²) in [5.41, 5.74) is 0.458. The third-order valence-electron chi connectivity index (χ3n) is 2.30. The van der Waals surface area contributed by atoms with E-state index in [1.165, 1.54) is 23.9 Å². The van der Waals surface area contributed by atoms with Gasteiger partial charge in [0.1, 0.15) is 18.2 Å². The zero-order valence-electron chi connectivity index (χ0n) is 10.4. The van der Waals surface area contributed by atoms with Crippen molar-refractivity contribution in [3.8, 4) is 0 Å². The highest BCUT2D eigenvalue weighted by atomic mass is 32.2. The molecule has 1 heterocycles. The van der Waals surface area contributed by atoms with E-state index in [4.69, 9.17) is 0 Å². The second kappa shape index (κ2) is 6.42. The highest BCUT2D eigenvalue weighted by molar-refractivity contribution is 7.98. The number of esters is 1. The van der Waals surface area contributed by atoms with Crippen molar-refractivity contribution in [3.05, 3.63) is 35.4 Å². The second-order valence-corrected chi connectivity index (χ2v) is 4.70. The van der Waals surface area contributed by atoms with Crippen molar-refractivity contribution in [2.45, 2.75) is 17.5 Å². The van der Waals surface area contributed by atoms with Gasteiger partial charge < -0.3 is 4.74 Å². The Morgan fingerprint density at radius 1 is 1.35 bits per heavy atom. The van der Waals surface area contributed by atoms with E-state index < -0.39 is 17.6 Å². The molecule has 0 amide bonds. The molecular weight excluding hydrogens is 290 g/mol. The lowest BCUT2D eigenvalue weighted by atomic mass is 10.2. The first kappa shape index (κ1) is 14.4. The van der Waals surface area contributed by atoms with Crippen LogP contribution in [-0.2, 0) is 21.8 Å². The van der Waals surface area contributed by atoms with E-state index in [9.17, 15) is 13.6 Å². The van der Waals surface area contributed by atoms with Crippen LogP contribution in [0.1, 0.15) is 5.56 Å². The fourth-order valence-corrected chi connectivity index (χ4v) is 2.23. The minimum atomic E-state index is -0.644. The van der Waals surface area contributed by atoms with E-state index in [-0.39, 0.29) is 12.3 Å². The summed E-state index contributed by atoms with van der Waals surface area (Å²) in [4.78, 5) is 11.1.